The molecule has 0 spiro atoms. The summed E-state index contributed by atoms with van der Waals surface area (Å²) in [4.78, 5) is 0. The standard InChI is InChI=1S/C13H18N2O2/c1-4-10(8-14)17-13-7-11(16-3)5-6-12(13)9(2)15/h5-7,9-10H,4,15H2,1-3H3/t9-,10?/m1/s1. The van der Waals surface area contributed by atoms with E-state index in [-0.39, 0.29) is 6.04 Å². The molecule has 4 nitrogen and oxygen atoms in total. The molecule has 0 bridgehead atoms. The van der Waals surface area contributed by atoms with Crippen molar-refractivity contribution in [3.8, 4) is 17.6 Å². The molecule has 4 heteroatoms. The van der Waals surface area contributed by atoms with Crippen molar-refractivity contribution >= 4 is 0 Å². The number of nitrogens with zero attached hydrogens (tertiary/aromatic N) is 1. The van der Waals surface area contributed by atoms with Crippen molar-refractivity contribution < 1.29 is 9.47 Å². The van der Waals surface area contributed by atoms with Gasteiger partial charge in [-0.25, -0.2) is 0 Å². The SMILES string of the molecule is CCC(C#N)Oc1cc(OC)ccc1[C@@H](C)N. The smallest absolute Gasteiger partial charge is 0.184 e. The summed E-state index contributed by atoms with van der Waals surface area (Å²) in [5.74, 6) is 1.31. The Morgan fingerprint density at radius 2 is 2.18 bits per heavy atom. The zero-order valence-corrected chi connectivity index (χ0v) is 10.4. The minimum absolute atomic E-state index is 0.146. The highest BCUT2D eigenvalue weighted by atomic mass is 16.5. The molecule has 0 aliphatic carbocycles. The van der Waals surface area contributed by atoms with Gasteiger partial charge in [0, 0.05) is 17.7 Å². The van der Waals surface area contributed by atoms with E-state index in [1.54, 1.807) is 13.2 Å². The first kappa shape index (κ1) is 13.3. The van der Waals surface area contributed by atoms with Gasteiger partial charge >= 0.3 is 0 Å². The van der Waals surface area contributed by atoms with Gasteiger partial charge < -0.3 is 15.2 Å². The number of rotatable bonds is 5. The zero-order chi connectivity index (χ0) is 12.8. The first-order valence-electron chi connectivity index (χ1n) is 5.62. The van der Waals surface area contributed by atoms with Gasteiger partial charge in [-0.05, 0) is 19.4 Å². The Morgan fingerprint density at radius 3 is 2.65 bits per heavy atom. The van der Waals surface area contributed by atoms with Crippen LogP contribution in [0.4, 0.5) is 0 Å². The predicted octanol–water partition coefficient (Wildman–Crippen LogP) is 2.40. The van der Waals surface area contributed by atoms with Crippen molar-refractivity contribution in [1.29, 1.82) is 5.26 Å². The van der Waals surface area contributed by atoms with Crippen LogP contribution >= 0.6 is 0 Å². The third-order valence-electron chi connectivity index (χ3n) is 2.50. The van der Waals surface area contributed by atoms with E-state index in [0.717, 1.165) is 5.56 Å². The second-order valence-electron chi connectivity index (χ2n) is 3.84. The fourth-order valence-corrected chi connectivity index (χ4v) is 1.47. The van der Waals surface area contributed by atoms with Crippen molar-refractivity contribution in [3.63, 3.8) is 0 Å². The number of methoxy groups -OCH3 is 1. The molecule has 1 unspecified atom stereocenters. The fraction of sp³-hybridized carbons (Fsp3) is 0.462. The van der Waals surface area contributed by atoms with E-state index >= 15 is 0 Å². The molecule has 2 N–H and O–H groups in total. The Balaban J connectivity index is 3.05. The molecule has 0 aromatic heterocycles. The topological polar surface area (TPSA) is 68.3 Å². The van der Waals surface area contributed by atoms with Crippen molar-refractivity contribution in [2.45, 2.75) is 32.4 Å². The second-order valence-corrected chi connectivity index (χ2v) is 3.84. The summed E-state index contributed by atoms with van der Waals surface area (Å²) in [5.41, 5.74) is 6.74. The Hall–Kier alpha value is -1.73. The summed E-state index contributed by atoms with van der Waals surface area (Å²) >= 11 is 0. The van der Waals surface area contributed by atoms with Crippen LogP contribution in [0.15, 0.2) is 18.2 Å². The summed E-state index contributed by atoms with van der Waals surface area (Å²) in [7, 11) is 1.59. The van der Waals surface area contributed by atoms with Gasteiger partial charge in [-0.2, -0.15) is 5.26 Å². The largest absolute Gasteiger partial charge is 0.497 e. The number of hydrogen-bond donors (Lipinski definition) is 1. The molecule has 0 heterocycles. The lowest BCUT2D eigenvalue weighted by atomic mass is 10.1. The predicted molar refractivity (Wildman–Crippen MR) is 65.9 cm³/mol. The van der Waals surface area contributed by atoms with Crippen LogP contribution < -0.4 is 15.2 Å². The average Bonchev–Trinajstić information content (AvgIpc) is 2.35. The summed E-state index contributed by atoms with van der Waals surface area (Å²) in [6, 6.07) is 7.41. The van der Waals surface area contributed by atoms with E-state index in [0.29, 0.717) is 17.9 Å². The molecule has 1 aromatic rings. The maximum absolute atomic E-state index is 8.91. The van der Waals surface area contributed by atoms with Crippen LogP contribution in [0.25, 0.3) is 0 Å². The van der Waals surface area contributed by atoms with Crippen LogP contribution in [0, 0.1) is 11.3 Å². The lowest BCUT2D eigenvalue weighted by molar-refractivity contribution is 0.247. The van der Waals surface area contributed by atoms with Crippen LogP contribution in [-0.2, 0) is 0 Å². The Bertz CT molecular complexity index is 410. The maximum atomic E-state index is 8.91. The van der Waals surface area contributed by atoms with Gasteiger partial charge in [0.1, 0.15) is 17.6 Å². The lowest BCUT2D eigenvalue weighted by Crippen LogP contribution is -2.15. The minimum Gasteiger partial charge on any atom is -0.497 e. The molecule has 0 saturated carbocycles. The number of nitriles is 1. The molecule has 0 fully saturated rings. The number of benzene rings is 1. The normalized spacial score (nSPS) is 13.6. The van der Waals surface area contributed by atoms with Crippen LogP contribution in [-0.4, -0.2) is 13.2 Å². The second kappa shape index (κ2) is 6.12. The molecule has 1 rings (SSSR count). The van der Waals surface area contributed by atoms with Crippen LogP contribution in [0.2, 0.25) is 0 Å². The van der Waals surface area contributed by atoms with Crippen LogP contribution in [0.3, 0.4) is 0 Å². The number of ether oxygens (including phenoxy) is 2. The molecule has 0 aliphatic heterocycles. The molecule has 0 amide bonds. The van der Waals surface area contributed by atoms with E-state index in [4.69, 9.17) is 20.5 Å². The van der Waals surface area contributed by atoms with Crippen molar-refractivity contribution in [2.75, 3.05) is 7.11 Å². The molecular weight excluding hydrogens is 216 g/mol. The summed E-state index contributed by atoms with van der Waals surface area (Å²) < 4.78 is 10.8. The van der Waals surface area contributed by atoms with Crippen molar-refractivity contribution in [1.82, 2.24) is 0 Å². The quantitative estimate of drug-likeness (QED) is 0.849. The average molecular weight is 234 g/mol. The highest BCUT2D eigenvalue weighted by Crippen LogP contribution is 2.29. The molecule has 0 radical (unpaired) electrons. The van der Waals surface area contributed by atoms with Crippen molar-refractivity contribution in [3.05, 3.63) is 23.8 Å². The van der Waals surface area contributed by atoms with E-state index in [1.807, 2.05) is 26.0 Å². The van der Waals surface area contributed by atoms with Gasteiger partial charge in [-0.1, -0.05) is 13.0 Å². The van der Waals surface area contributed by atoms with Gasteiger partial charge in [-0.15, -0.1) is 0 Å². The zero-order valence-electron chi connectivity index (χ0n) is 10.4. The Kier molecular flexibility index (Phi) is 4.80. The van der Waals surface area contributed by atoms with Gasteiger partial charge in [0.15, 0.2) is 6.10 Å². The van der Waals surface area contributed by atoms with E-state index in [1.165, 1.54) is 0 Å². The highest BCUT2D eigenvalue weighted by molar-refractivity contribution is 5.42. The van der Waals surface area contributed by atoms with Gasteiger partial charge in [0.05, 0.1) is 7.11 Å². The molecule has 92 valence electrons. The Labute approximate surface area is 102 Å². The maximum Gasteiger partial charge on any atom is 0.184 e. The van der Waals surface area contributed by atoms with Gasteiger partial charge in [0.2, 0.25) is 0 Å². The number of nitrogens with two attached hydrogens (primary N) is 1. The Morgan fingerprint density at radius 1 is 1.47 bits per heavy atom. The van der Waals surface area contributed by atoms with E-state index < -0.39 is 6.10 Å². The van der Waals surface area contributed by atoms with E-state index in [2.05, 4.69) is 6.07 Å². The first-order valence-corrected chi connectivity index (χ1v) is 5.62. The summed E-state index contributed by atoms with van der Waals surface area (Å²) in [5, 5.41) is 8.91. The van der Waals surface area contributed by atoms with Gasteiger partial charge in [-0.3, -0.25) is 0 Å². The molecular formula is C13H18N2O2. The van der Waals surface area contributed by atoms with E-state index in [9.17, 15) is 0 Å². The summed E-state index contributed by atoms with van der Waals surface area (Å²) in [6.07, 6.45) is 0.172. The molecule has 0 saturated heterocycles. The lowest BCUT2D eigenvalue weighted by Gasteiger charge is -2.17. The molecule has 0 aliphatic rings. The molecule has 1 aromatic carbocycles. The number of hydrogen-bond acceptors (Lipinski definition) is 4. The third-order valence-corrected chi connectivity index (χ3v) is 2.50. The molecule has 2 atom stereocenters. The fourth-order valence-electron chi connectivity index (χ4n) is 1.47. The van der Waals surface area contributed by atoms with Crippen molar-refractivity contribution in [2.24, 2.45) is 5.73 Å². The monoisotopic (exact) mass is 234 g/mol. The van der Waals surface area contributed by atoms with Crippen LogP contribution in [0.1, 0.15) is 31.9 Å². The van der Waals surface area contributed by atoms with Crippen LogP contribution in [0.5, 0.6) is 11.5 Å². The summed E-state index contributed by atoms with van der Waals surface area (Å²) in [6.45, 7) is 3.78. The van der Waals surface area contributed by atoms with Gasteiger partial charge in [0.25, 0.3) is 0 Å². The first-order chi connectivity index (χ1) is 8.12. The highest BCUT2D eigenvalue weighted by Gasteiger charge is 2.13. The molecule has 17 heavy (non-hydrogen) atoms. The third kappa shape index (κ3) is 3.36. The minimum atomic E-state index is -0.459.